The van der Waals surface area contributed by atoms with Gasteiger partial charge in [-0.25, -0.2) is 4.79 Å². The third kappa shape index (κ3) is 4.47. The van der Waals surface area contributed by atoms with Gasteiger partial charge in [-0.05, 0) is 86.3 Å². The number of hydrogen-bond donors (Lipinski definition) is 2. The van der Waals surface area contributed by atoms with E-state index in [2.05, 4.69) is 12.1 Å². The SMILES string of the molecule is NC1CCC(C2CCC(c3ccc(C=CC(=O)O)cc3)CC2)CC1. The minimum Gasteiger partial charge on any atom is -0.478 e. The van der Waals surface area contributed by atoms with Crippen LogP contribution < -0.4 is 5.73 Å². The second kappa shape index (κ2) is 7.98. The molecule has 0 aliphatic heterocycles. The zero-order chi connectivity index (χ0) is 16.9. The molecule has 0 saturated heterocycles. The predicted octanol–water partition coefficient (Wildman–Crippen LogP) is 4.58. The Morgan fingerprint density at radius 1 is 0.917 bits per heavy atom. The molecule has 2 aliphatic rings. The van der Waals surface area contributed by atoms with E-state index in [1.165, 1.54) is 63.0 Å². The molecule has 0 radical (unpaired) electrons. The largest absolute Gasteiger partial charge is 0.478 e. The molecule has 0 heterocycles. The van der Waals surface area contributed by atoms with Crippen molar-refractivity contribution >= 4 is 12.0 Å². The monoisotopic (exact) mass is 327 g/mol. The topological polar surface area (TPSA) is 63.3 Å². The molecule has 2 saturated carbocycles. The van der Waals surface area contributed by atoms with E-state index in [1.807, 2.05) is 12.1 Å². The number of carbonyl (C=O) groups is 1. The van der Waals surface area contributed by atoms with Gasteiger partial charge < -0.3 is 10.8 Å². The maximum absolute atomic E-state index is 10.6. The van der Waals surface area contributed by atoms with Gasteiger partial charge in [0.05, 0.1) is 0 Å². The average Bonchev–Trinajstić information content (AvgIpc) is 2.61. The number of hydrogen-bond acceptors (Lipinski definition) is 2. The molecule has 0 aromatic heterocycles. The van der Waals surface area contributed by atoms with Crippen LogP contribution in [0, 0.1) is 11.8 Å². The van der Waals surface area contributed by atoms with Crippen molar-refractivity contribution in [1.29, 1.82) is 0 Å². The average molecular weight is 327 g/mol. The maximum atomic E-state index is 10.6. The van der Waals surface area contributed by atoms with Gasteiger partial charge in [0, 0.05) is 12.1 Å². The van der Waals surface area contributed by atoms with Crippen LogP contribution in [0.1, 0.15) is 68.4 Å². The van der Waals surface area contributed by atoms with E-state index in [0.29, 0.717) is 12.0 Å². The summed E-state index contributed by atoms with van der Waals surface area (Å²) in [5.41, 5.74) is 8.40. The summed E-state index contributed by atoms with van der Waals surface area (Å²) in [5, 5.41) is 8.69. The Hall–Kier alpha value is -1.61. The zero-order valence-corrected chi connectivity index (χ0v) is 14.4. The van der Waals surface area contributed by atoms with Crippen LogP contribution in [0.2, 0.25) is 0 Å². The second-order valence-electron chi connectivity index (χ2n) is 7.62. The first-order valence-corrected chi connectivity index (χ1v) is 9.38. The molecule has 0 spiro atoms. The van der Waals surface area contributed by atoms with Crippen molar-refractivity contribution in [3.05, 3.63) is 41.5 Å². The Bertz CT molecular complexity index is 562. The normalized spacial score (nSPS) is 31.2. The summed E-state index contributed by atoms with van der Waals surface area (Å²) in [6, 6.07) is 8.86. The Morgan fingerprint density at radius 2 is 1.46 bits per heavy atom. The highest BCUT2D eigenvalue weighted by Crippen LogP contribution is 2.42. The zero-order valence-electron chi connectivity index (χ0n) is 14.4. The molecule has 2 fully saturated rings. The number of carboxylic acid groups (broad SMARTS) is 1. The molecule has 0 amide bonds. The molecule has 3 N–H and O–H groups in total. The summed E-state index contributed by atoms with van der Waals surface area (Å²) in [7, 11) is 0. The lowest BCUT2D eigenvalue weighted by molar-refractivity contribution is -0.131. The third-order valence-electron chi connectivity index (χ3n) is 6.08. The lowest BCUT2D eigenvalue weighted by atomic mass is 9.69. The fraction of sp³-hybridized carbons (Fsp3) is 0.571. The number of carboxylic acids is 1. The number of aliphatic carboxylic acids is 1. The van der Waals surface area contributed by atoms with Crippen molar-refractivity contribution in [2.24, 2.45) is 17.6 Å². The molecule has 3 heteroatoms. The van der Waals surface area contributed by atoms with E-state index in [0.717, 1.165) is 17.4 Å². The van der Waals surface area contributed by atoms with E-state index in [9.17, 15) is 4.79 Å². The van der Waals surface area contributed by atoms with Crippen LogP contribution in [0.25, 0.3) is 6.08 Å². The van der Waals surface area contributed by atoms with Gasteiger partial charge in [0.1, 0.15) is 0 Å². The second-order valence-corrected chi connectivity index (χ2v) is 7.62. The summed E-state index contributed by atoms with van der Waals surface area (Å²) in [4.78, 5) is 10.6. The summed E-state index contributed by atoms with van der Waals surface area (Å²) >= 11 is 0. The quantitative estimate of drug-likeness (QED) is 0.796. The van der Waals surface area contributed by atoms with E-state index in [-0.39, 0.29) is 0 Å². The molecule has 2 aliphatic carbocycles. The van der Waals surface area contributed by atoms with Gasteiger partial charge in [0.15, 0.2) is 0 Å². The van der Waals surface area contributed by atoms with Gasteiger partial charge in [-0.1, -0.05) is 24.3 Å². The van der Waals surface area contributed by atoms with Gasteiger partial charge in [-0.2, -0.15) is 0 Å². The van der Waals surface area contributed by atoms with Crippen LogP contribution >= 0.6 is 0 Å². The lowest BCUT2D eigenvalue weighted by Crippen LogP contribution is -2.31. The molecule has 0 unspecified atom stereocenters. The molecular weight excluding hydrogens is 298 g/mol. The molecular formula is C21H29NO2. The van der Waals surface area contributed by atoms with Crippen LogP contribution in [0.4, 0.5) is 0 Å². The minimum atomic E-state index is -0.902. The van der Waals surface area contributed by atoms with Gasteiger partial charge in [-0.15, -0.1) is 0 Å². The Balaban J connectivity index is 1.52. The lowest BCUT2D eigenvalue weighted by Gasteiger charge is -2.37. The molecule has 130 valence electrons. The summed E-state index contributed by atoms with van der Waals surface area (Å²) in [6.07, 6.45) is 13.2. The first kappa shape index (κ1) is 17.2. The van der Waals surface area contributed by atoms with Crippen LogP contribution in [0.15, 0.2) is 30.3 Å². The first-order chi connectivity index (χ1) is 11.6. The Labute approximate surface area is 144 Å². The van der Waals surface area contributed by atoms with E-state index < -0.39 is 5.97 Å². The highest BCUT2D eigenvalue weighted by Gasteiger charge is 2.30. The molecule has 0 atom stereocenters. The van der Waals surface area contributed by atoms with Crippen molar-refractivity contribution < 1.29 is 9.90 Å². The van der Waals surface area contributed by atoms with Crippen LogP contribution in [0.3, 0.4) is 0 Å². The standard InChI is InChI=1S/C21H29NO2/c22-20-12-10-19(11-13-20)18-8-6-17(7-9-18)16-4-1-15(2-5-16)3-14-21(23)24/h1-5,14,17-20H,6-13,22H2,(H,23,24). The van der Waals surface area contributed by atoms with Crippen molar-refractivity contribution in [3.8, 4) is 0 Å². The van der Waals surface area contributed by atoms with Crippen molar-refractivity contribution in [3.63, 3.8) is 0 Å². The van der Waals surface area contributed by atoms with E-state index >= 15 is 0 Å². The number of rotatable bonds is 4. The summed E-state index contributed by atoms with van der Waals surface area (Å²) in [5.74, 6) is 1.59. The Morgan fingerprint density at radius 3 is 2.00 bits per heavy atom. The maximum Gasteiger partial charge on any atom is 0.328 e. The number of nitrogens with two attached hydrogens (primary N) is 1. The fourth-order valence-electron chi connectivity index (χ4n) is 4.59. The third-order valence-corrected chi connectivity index (χ3v) is 6.08. The molecule has 1 aromatic rings. The Kier molecular flexibility index (Phi) is 5.72. The van der Waals surface area contributed by atoms with Crippen molar-refractivity contribution in [2.45, 2.75) is 63.3 Å². The highest BCUT2D eigenvalue weighted by atomic mass is 16.4. The minimum absolute atomic E-state index is 0.450. The summed E-state index contributed by atoms with van der Waals surface area (Å²) < 4.78 is 0. The van der Waals surface area contributed by atoms with E-state index in [4.69, 9.17) is 10.8 Å². The first-order valence-electron chi connectivity index (χ1n) is 9.38. The number of benzene rings is 1. The molecule has 0 bridgehead atoms. The molecule has 3 rings (SSSR count). The van der Waals surface area contributed by atoms with Crippen molar-refractivity contribution in [1.82, 2.24) is 0 Å². The molecule has 3 nitrogen and oxygen atoms in total. The van der Waals surface area contributed by atoms with Gasteiger partial charge in [-0.3, -0.25) is 0 Å². The smallest absolute Gasteiger partial charge is 0.328 e. The highest BCUT2D eigenvalue weighted by molar-refractivity contribution is 5.85. The van der Waals surface area contributed by atoms with Crippen LogP contribution in [-0.4, -0.2) is 17.1 Å². The van der Waals surface area contributed by atoms with Gasteiger partial charge in [0.2, 0.25) is 0 Å². The van der Waals surface area contributed by atoms with Crippen molar-refractivity contribution in [2.75, 3.05) is 0 Å². The van der Waals surface area contributed by atoms with Gasteiger partial charge >= 0.3 is 5.97 Å². The summed E-state index contributed by atoms with van der Waals surface area (Å²) in [6.45, 7) is 0. The molecule has 1 aromatic carbocycles. The van der Waals surface area contributed by atoms with E-state index in [1.54, 1.807) is 6.08 Å². The predicted molar refractivity (Wildman–Crippen MR) is 97.7 cm³/mol. The van der Waals surface area contributed by atoms with Crippen LogP contribution in [-0.2, 0) is 4.79 Å². The fourth-order valence-corrected chi connectivity index (χ4v) is 4.59. The molecule has 24 heavy (non-hydrogen) atoms. The van der Waals surface area contributed by atoms with Crippen LogP contribution in [0.5, 0.6) is 0 Å². The van der Waals surface area contributed by atoms with Gasteiger partial charge in [0.25, 0.3) is 0 Å².